The molecule has 0 N–H and O–H groups in total. The van der Waals surface area contributed by atoms with E-state index in [1.807, 2.05) is 6.92 Å². The lowest BCUT2D eigenvalue weighted by molar-refractivity contribution is -0.178. The van der Waals surface area contributed by atoms with Gasteiger partial charge in [0.2, 0.25) is 0 Å². The topological polar surface area (TPSA) is 71.3 Å². The van der Waals surface area contributed by atoms with Crippen LogP contribution in [0.2, 0.25) is 0 Å². The molecule has 19 heavy (non-hydrogen) atoms. The summed E-state index contributed by atoms with van der Waals surface area (Å²) < 4.78 is 11.7. The molecule has 1 atom stereocenters. The van der Waals surface area contributed by atoms with Gasteiger partial charge in [-0.2, -0.15) is 5.26 Å². The molecule has 1 unspecified atom stereocenters. The number of anilines is 1. The smallest absolute Gasteiger partial charge is 0.183 e. The summed E-state index contributed by atoms with van der Waals surface area (Å²) in [6.07, 6.45) is 4.90. The Bertz CT molecular complexity index is 506. The van der Waals surface area contributed by atoms with Crippen molar-refractivity contribution in [1.82, 2.24) is 9.97 Å². The SMILES string of the molecule is CC1COC2(CCN(c3nccnc3C#N)CC2)O1. The Morgan fingerprint density at radius 1 is 1.37 bits per heavy atom. The molecular formula is C13H16N4O2. The molecule has 100 valence electrons. The van der Waals surface area contributed by atoms with Crippen LogP contribution >= 0.6 is 0 Å². The minimum Gasteiger partial charge on any atom is -0.354 e. The molecule has 1 spiro atoms. The van der Waals surface area contributed by atoms with E-state index >= 15 is 0 Å². The van der Waals surface area contributed by atoms with Crippen molar-refractivity contribution in [2.24, 2.45) is 0 Å². The number of nitrogens with zero attached hydrogens (tertiary/aromatic N) is 4. The maximum atomic E-state index is 9.06. The molecule has 2 saturated heterocycles. The Kier molecular flexibility index (Phi) is 3.09. The predicted octanol–water partition coefficient (Wildman–Crippen LogP) is 1.08. The molecule has 0 bridgehead atoms. The van der Waals surface area contributed by atoms with Crippen LogP contribution in [0.15, 0.2) is 12.4 Å². The highest BCUT2D eigenvalue weighted by atomic mass is 16.7. The summed E-state index contributed by atoms with van der Waals surface area (Å²) in [6.45, 7) is 4.21. The van der Waals surface area contributed by atoms with Gasteiger partial charge in [0.05, 0.1) is 12.7 Å². The number of aromatic nitrogens is 2. The van der Waals surface area contributed by atoms with Gasteiger partial charge in [-0.3, -0.25) is 0 Å². The summed E-state index contributed by atoms with van der Waals surface area (Å²) >= 11 is 0. The zero-order chi connectivity index (χ0) is 13.3. The van der Waals surface area contributed by atoms with Crippen LogP contribution in [0.4, 0.5) is 5.82 Å². The van der Waals surface area contributed by atoms with Crippen molar-refractivity contribution < 1.29 is 9.47 Å². The minimum absolute atomic E-state index is 0.165. The second-order valence-electron chi connectivity index (χ2n) is 4.98. The van der Waals surface area contributed by atoms with Crippen LogP contribution in [0.1, 0.15) is 25.5 Å². The van der Waals surface area contributed by atoms with Crippen molar-refractivity contribution in [2.45, 2.75) is 31.7 Å². The Morgan fingerprint density at radius 2 is 2.11 bits per heavy atom. The summed E-state index contributed by atoms with van der Waals surface area (Å²) in [5.74, 6) is 0.233. The first kappa shape index (κ1) is 12.3. The fourth-order valence-corrected chi connectivity index (χ4v) is 2.67. The number of nitriles is 1. The Hall–Kier alpha value is -1.71. The molecule has 0 aromatic carbocycles. The zero-order valence-corrected chi connectivity index (χ0v) is 10.9. The molecule has 6 nitrogen and oxygen atoms in total. The maximum absolute atomic E-state index is 9.06. The van der Waals surface area contributed by atoms with Crippen LogP contribution in [-0.4, -0.2) is 41.6 Å². The van der Waals surface area contributed by atoms with Crippen molar-refractivity contribution in [3.63, 3.8) is 0 Å². The Morgan fingerprint density at radius 3 is 2.74 bits per heavy atom. The zero-order valence-electron chi connectivity index (χ0n) is 10.9. The van der Waals surface area contributed by atoms with Crippen LogP contribution in [0, 0.1) is 11.3 Å². The van der Waals surface area contributed by atoms with Crippen LogP contribution in [0.3, 0.4) is 0 Å². The lowest BCUT2D eigenvalue weighted by Gasteiger charge is -2.38. The number of rotatable bonds is 1. The molecule has 3 rings (SSSR count). The molecular weight excluding hydrogens is 244 g/mol. The van der Waals surface area contributed by atoms with Crippen molar-refractivity contribution in [3.8, 4) is 6.07 Å². The Labute approximate surface area is 112 Å². The van der Waals surface area contributed by atoms with E-state index in [1.165, 1.54) is 0 Å². The van der Waals surface area contributed by atoms with E-state index < -0.39 is 5.79 Å². The van der Waals surface area contributed by atoms with E-state index in [0.29, 0.717) is 18.1 Å². The van der Waals surface area contributed by atoms with Crippen molar-refractivity contribution >= 4 is 5.82 Å². The van der Waals surface area contributed by atoms with Gasteiger partial charge < -0.3 is 14.4 Å². The van der Waals surface area contributed by atoms with Gasteiger partial charge in [-0.15, -0.1) is 0 Å². The first-order valence-electron chi connectivity index (χ1n) is 6.50. The van der Waals surface area contributed by atoms with Crippen LogP contribution in [0.25, 0.3) is 0 Å². The van der Waals surface area contributed by atoms with E-state index in [0.717, 1.165) is 25.9 Å². The number of ether oxygens (including phenoxy) is 2. The highest BCUT2D eigenvalue weighted by molar-refractivity contribution is 5.49. The van der Waals surface area contributed by atoms with E-state index in [1.54, 1.807) is 12.4 Å². The van der Waals surface area contributed by atoms with E-state index in [9.17, 15) is 0 Å². The number of piperidine rings is 1. The molecule has 2 aliphatic rings. The summed E-state index contributed by atoms with van der Waals surface area (Å²) in [4.78, 5) is 10.4. The van der Waals surface area contributed by atoms with Gasteiger partial charge >= 0.3 is 0 Å². The first-order chi connectivity index (χ1) is 9.22. The summed E-state index contributed by atoms with van der Waals surface area (Å²) in [5, 5.41) is 9.06. The van der Waals surface area contributed by atoms with Gasteiger partial charge in [-0.05, 0) is 6.92 Å². The molecule has 0 radical (unpaired) electrons. The molecule has 2 aliphatic heterocycles. The lowest BCUT2D eigenvalue weighted by atomic mass is 10.0. The maximum Gasteiger partial charge on any atom is 0.183 e. The number of hydrogen-bond donors (Lipinski definition) is 0. The van der Waals surface area contributed by atoms with Crippen LogP contribution < -0.4 is 4.90 Å². The summed E-state index contributed by atoms with van der Waals surface area (Å²) in [5.41, 5.74) is 0.375. The van der Waals surface area contributed by atoms with Crippen LogP contribution in [0.5, 0.6) is 0 Å². The van der Waals surface area contributed by atoms with Gasteiger partial charge in [0.15, 0.2) is 17.3 Å². The molecule has 1 aromatic rings. The fraction of sp³-hybridized carbons (Fsp3) is 0.615. The molecule has 0 amide bonds. The van der Waals surface area contributed by atoms with Gasteiger partial charge in [-0.25, -0.2) is 9.97 Å². The van der Waals surface area contributed by atoms with Gasteiger partial charge in [0.1, 0.15) is 6.07 Å². The largest absolute Gasteiger partial charge is 0.354 e. The Balaban J connectivity index is 1.72. The second kappa shape index (κ2) is 4.76. The lowest BCUT2D eigenvalue weighted by Crippen LogP contribution is -2.46. The van der Waals surface area contributed by atoms with E-state index in [2.05, 4.69) is 20.9 Å². The van der Waals surface area contributed by atoms with Gasteiger partial charge in [0, 0.05) is 38.3 Å². The van der Waals surface area contributed by atoms with Crippen molar-refractivity contribution in [2.75, 3.05) is 24.6 Å². The third kappa shape index (κ3) is 2.27. The average molecular weight is 260 g/mol. The second-order valence-corrected chi connectivity index (χ2v) is 4.98. The van der Waals surface area contributed by atoms with Gasteiger partial charge in [-0.1, -0.05) is 0 Å². The highest BCUT2D eigenvalue weighted by Crippen LogP contribution is 2.35. The fourth-order valence-electron chi connectivity index (χ4n) is 2.67. The highest BCUT2D eigenvalue weighted by Gasteiger charge is 2.43. The summed E-state index contributed by atoms with van der Waals surface area (Å²) in [6, 6.07) is 2.08. The monoisotopic (exact) mass is 260 g/mol. The summed E-state index contributed by atoms with van der Waals surface area (Å²) in [7, 11) is 0. The van der Waals surface area contributed by atoms with Crippen molar-refractivity contribution in [1.29, 1.82) is 5.26 Å². The molecule has 2 fully saturated rings. The van der Waals surface area contributed by atoms with E-state index in [-0.39, 0.29) is 6.10 Å². The third-order valence-corrected chi connectivity index (χ3v) is 3.61. The van der Waals surface area contributed by atoms with Crippen LogP contribution in [-0.2, 0) is 9.47 Å². The molecule has 6 heteroatoms. The third-order valence-electron chi connectivity index (χ3n) is 3.61. The first-order valence-corrected chi connectivity index (χ1v) is 6.50. The minimum atomic E-state index is -0.426. The quantitative estimate of drug-likeness (QED) is 0.752. The average Bonchev–Trinajstić information content (AvgIpc) is 2.81. The molecule has 0 saturated carbocycles. The standard InChI is InChI=1S/C13H16N4O2/c1-10-9-18-13(19-10)2-6-17(7-3-13)12-11(8-14)15-4-5-16-12/h4-5,10H,2-3,6-7,9H2,1H3. The molecule has 3 heterocycles. The van der Waals surface area contributed by atoms with Crippen molar-refractivity contribution in [3.05, 3.63) is 18.1 Å². The van der Waals surface area contributed by atoms with E-state index in [4.69, 9.17) is 14.7 Å². The predicted molar refractivity (Wildman–Crippen MR) is 67.4 cm³/mol. The normalized spacial score (nSPS) is 25.5. The molecule has 1 aromatic heterocycles. The van der Waals surface area contributed by atoms with Gasteiger partial charge in [0.25, 0.3) is 0 Å². The number of hydrogen-bond acceptors (Lipinski definition) is 6. The molecule has 0 aliphatic carbocycles.